The van der Waals surface area contributed by atoms with Gasteiger partial charge in [-0.3, -0.25) is 0 Å². The summed E-state index contributed by atoms with van der Waals surface area (Å²) in [5, 5.41) is 3.23. The molecule has 5 heteroatoms. The van der Waals surface area contributed by atoms with Crippen LogP contribution >= 0.6 is 0 Å². The fourth-order valence-electron chi connectivity index (χ4n) is 2.87. The molecule has 0 atom stereocenters. The van der Waals surface area contributed by atoms with Crippen molar-refractivity contribution >= 4 is 5.70 Å². The van der Waals surface area contributed by atoms with E-state index in [0.717, 1.165) is 47.7 Å². The molecule has 2 rings (SSSR count). The van der Waals surface area contributed by atoms with Crippen LogP contribution in [0.2, 0.25) is 0 Å². The van der Waals surface area contributed by atoms with E-state index >= 15 is 0 Å². The molecule has 0 amide bonds. The highest BCUT2D eigenvalue weighted by molar-refractivity contribution is 5.66. The summed E-state index contributed by atoms with van der Waals surface area (Å²) in [7, 11) is 1.65. The summed E-state index contributed by atoms with van der Waals surface area (Å²) in [5.74, 6) is 1.40. The van der Waals surface area contributed by atoms with Crippen molar-refractivity contribution in [3.8, 4) is 11.4 Å². The Kier molecular flexibility index (Phi) is 6.89. The second-order valence-electron chi connectivity index (χ2n) is 6.54. The molecule has 0 unspecified atom stereocenters. The van der Waals surface area contributed by atoms with Gasteiger partial charge in [-0.05, 0) is 31.4 Å². The molecule has 1 aromatic heterocycles. The van der Waals surface area contributed by atoms with Gasteiger partial charge in [-0.1, -0.05) is 39.3 Å². The number of hydrogen-bond acceptors (Lipinski definition) is 4. The zero-order chi connectivity index (χ0) is 19.1. The maximum absolute atomic E-state index is 6.24. The van der Waals surface area contributed by atoms with Crippen LogP contribution in [0, 0.1) is 12.8 Å². The average Bonchev–Trinajstić information content (AvgIpc) is 3.09. The van der Waals surface area contributed by atoms with E-state index in [0.29, 0.717) is 11.6 Å². The first-order chi connectivity index (χ1) is 12.5. The zero-order valence-electron chi connectivity index (χ0n) is 16.2. The normalized spacial score (nSPS) is 11.7. The highest BCUT2D eigenvalue weighted by atomic mass is 16.5. The number of ether oxygens (including phenoxy) is 1. The van der Waals surface area contributed by atoms with Crippen LogP contribution < -0.4 is 15.8 Å². The fraction of sp³-hybridized carbons (Fsp3) is 0.381. The SMILES string of the molecule is C=C(CC(CC)CC)N/C=C(\N)c1ccc(-n2cnc(C)c2)c(OC)c1. The molecule has 0 spiro atoms. The Hall–Kier alpha value is -2.69. The number of nitrogens with zero attached hydrogens (tertiary/aromatic N) is 2. The number of hydrogen-bond donors (Lipinski definition) is 2. The third kappa shape index (κ3) is 4.91. The van der Waals surface area contributed by atoms with Gasteiger partial charge in [-0.25, -0.2) is 4.98 Å². The van der Waals surface area contributed by atoms with Gasteiger partial charge in [0.25, 0.3) is 0 Å². The summed E-state index contributed by atoms with van der Waals surface area (Å²) in [5.41, 5.74) is 10.6. The highest BCUT2D eigenvalue weighted by Crippen LogP contribution is 2.26. The first kappa shape index (κ1) is 19.6. The Balaban J connectivity index is 2.13. The quantitative estimate of drug-likeness (QED) is 0.701. The molecular weight excluding hydrogens is 324 g/mol. The van der Waals surface area contributed by atoms with Gasteiger partial charge in [0.1, 0.15) is 5.75 Å². The zero-order valence-corrected chi connectivity index (χ0v) is 16.2. The van der Waals surface area contributed by atoms with Gasteiger partial charge in [-0.2, -0.15) is 0 Å². The monoisotopic (exact) mass is 354 g/mol. The third-order valence-electron chi connectivity index (χ3n) is 4.62. The van der Waals surface area contributed by atoms with Gasteiger partial charge >= 0.3 is 0 Å². The lowest BCUT2D eigenvalue weighted by Gasteiger charge is -2.15. The van der Waals surface area contributed by atoms with Crippen LogP contribution in [-0.4, -0.2) is 16.7 Å². The minimum Gasteiger partial charge on any atom is -0.495 e. The van der Waals surface area contributed by atoms with Crippen LogP contribution in [0.4, 0.5) is 0 Å². The van der Waals surface area contributed by atoms with Crippen molar-refractivity contribution in [1.82, 2.24) is 14.9 Å². The molecule has 1 aromatic carbocycles. The summed E-state index contributed by atoms with van der Waals surface area (Å²) in [6.07, 6.45) is 8.81. The Bertz CT molecular complexity index is 772. The standard InChI is InChI=1S/C21H30N4O/c1-6-17(7-2)10-15(3)23-12-19(22)18-8-9-20(21(11-18)26-5)25-13-16(4)24-14-25/h8-9,11-14,17,23H,3,6-7,10,22H2,1-2,4-5H3/b19-12-. The van der Waals surface area contributed by atoms with Gasteiger partial charge in [0.15, 0.2) is 0 Å². The van der Waals surface area contributed by atoms with Gasteiger partial charge in [0.2, 0.25) is 0 Å². The second kappa shape index (κ2) is 9.13. The molecule has 0 saturated heterocycles. The number of imidazole rings is 1. The number of allylic oxidation sites excluding steroid dienone is 1. The Labute approximate surface area is 156 Å². The summed E-state index contributed by atoms with van der Waals surface area (Å²) in [4.78, 5) is 4.26. The molecule has 0 aliphatic carbocycles. The number of nitrogens with one attached hydrogen (secondary N) is 1. The van der Waals surface area contributed by atoms with Crippen LogP contribution in [0.3, 0.4) is 0 Å². The van der Waals surface area contributed by atoms with E-state index in [4.69, 9.17) is 10.5 Å². The predicted molar refractivity (Wildman–Crippen MR) is 108 cm³/mol. The number of nitrogens with two attached hydrogens (primary N) is 1. The number of rotatable bonds is 9. The number of methoxy groups -OCH3 is 1. The molecule has 26 heavy (non-hydrogen) atoms. The topological polar surface area (TPSA) is 65.1 Å². The van der Waals surface area contributed by atoms with E-state index in [2.05, 4.69) is 30.7 Å². The van der Waals surface area contributed by atoms with Crippen molar-refractivity contribution in [2.24, 2.45) is 11.7 Å². The van der Waals surface area contributed by atoms with Crippen molar-refractivity contribution in [2.75, 3.05) is 7.11 Å². The lowest BCUT2D eigenvalue weighted by Crippen LogP contribution is -2.11. The van der Waals surface area contributed by atoms with Crippen molar-refractivity contribution in [3.63, 3.8) is 0 Å². The minimum absolute atomic E-state index is 0.641. The number of aryl methyl sites for hydroxylation is 1. The first-order valence-corrected chi connectivity index (χ1v) is 9.07. The molecule has 3 N–H and O–H groups in total. The van der Waals surface area contributed by atoms with Crippen molar-refractivity contribution < 1.29 is 4.74 Å². The van der Waals surface area contributed by atoms with Crippen LogP contribution in [0.1, 0.15) is 44.4 Å². The van der Waals surface area contributed by atoms with Gasteiger partial charge < -0.3 is 20.4 Å². The molecule has 2 aromatic rings. The van der Waals surface area contributed by atoms with E-state index in [-0.39, 0.29) is 0 Å². The molecule has 0 bridgehead atoms. The summed E-state index contributed by atoms with van der Waals surface area (Å²) < 4.78 is 7.48. The summed E-state index contributed by atoms with van der Waals surface area (Å²) >= 11 is 0. The number of aromatic nitrogens is 2. The Morgan fingerprint density at radius 1 is 1.38 bits per heavy atom. The molecule has 1 heterocycles. The molecule has 5 nitrogen and oxygen atoms in total. The minimum atomic E-state index is 0.641. The molecule has 140 valence electrons. The van der Waals surface area contributed by atoms with Crippen LogP contribution in [-0.2, 0) is 0 Å². The van der Waals surface area contributed by atoms with E-state index in [1.165, 1.54) is 0 Å². The lowest BCUT2D eigenvalue weighted by molar-refractivity contribution is 0.412. The maximum atomic E-state index is 6.24. The second-order valence-corrected chi connectivity index (χ2v) is 6.54. The molecule has 0 saturated carbocycles. The van der Waals surface area contributed by atoms with Crippen LogP contribution in [0.25, 0.3) is 11.4 Å². The molecule has 0 aliphatic rings. The largest absolute Gasteiger partial charge is 0.495 e. The first-order valence-electron chi connectivity index (χ1n) is 9.07. The van der Waals surface area contributed by atoms with Crippen molar-refractivity contribution in [1.29, 1.82) is 0 Å². The highest BCUT2D eigenvalue weighted by Gasteiger charge is 2.09. The van der Waals surface area contributed by atoms with Crippen molar-refractivity contribution in [3.05, 3.63) is 60.5 Å². The molecule has 0 fully saturated rings. The Morgan fingerprint density at radius 3 is 2.69 bits per heavy atom. The Morgan fingerprint density at radius 2 is 2.12 bits per heavy atom. The molecule has 0 aliphatic heterocycles. The summed E-state index contributed by atoms with van der Waals surface area (Å²) in [6, 6.07) is 5.89. The molecule has 0 radical (unpaired) electrons. The molecular formula is C21H30N4O. The third-order valence-corrected chi connectivity index (χ3v) is 4.62. The van der Waals surface area contributed by atoms with Crippen LogP contribution in [0.15, 0.2) is 49.2 Å². The van der Waals surface area contributed by atoms with Crippen molar-refractivity contribution in [2.45, 2.75) is 40.0 Å². The van der Waals surface area contributed by atoms with Gasteiger partial charge in [-0.15, -0.1) is 0 Å². The predicted octanol–water partition coefficient (Wildman–Crippen LogP) is 4.38. The van der Waals surface area contributed by atoms with Crippen LogP contribution in [0.5, 0.6) is 5.75 Å². The average molecular weight is 354 g/mol. The van der Waals surface area contributed by atoms with E-state index in [1.807, 2.05) is 35.9 Å². The van der Waals surface area contributed by atoms with E-state index in [9.17, 15) is 0 Å². The van der Waals surface area contributed by atoms with E-state index in [1.54, 1.807) is 19.6 Å². The van der Waals surface area contributed by atoms with Gasteiger partial charge in [0, 0.05) is 23.7 Å². The summed E-state index contributed by atoms with van der Waals surface area (Å²) in [6.45, 7) is 10.5. The fourth-order valence-corrected chi connectivity index (χ4v) is 2.87. The lowest BCUT2D eigenvalue weighted by atomic mass is 9.98. The van der Waals surface area contributed by atoms with E-state index < -0.39 is 0 Å². The smallest absolute Gasteiger partial charge is 0.143 e. The van der Waals surface area contributed by atoms with Gasteiger partial charge in [0.05, 0.1) is 30.5 Å². The number of benzene rings is 1. The maximum Gasteiger partial charge on any atom is 0.143 e.